The van der Waals surface area contributed by atoms with E-state index in [9.17, 15) is 19.2 Å². The summed E-state index contributed by atoms with van der Waals surface area (Å²) in [5.41, 5.74) is 3.91. The van der Waals surface area contributed by atoms with Crippen LogP contribution in [-0.4, -0.2) is 56.1 Å². The summed E-state index contributed by atoms with van der Waals surface area (Å²) in [5, 5.41) is 4.11. The lowest BCUT2D eigenvalue weighted by Gasteiger charge is -2.19. The number of nitrogens with one attached hydrogen (secondary N) is 2. The topological polar surface area (TPSA) is 123 Å². The number of amides is 3. The van der Waals surface area contributed by atoms with Crippen LogP contribution in [0.3, 0.4) is 0 Å². The predicted molar refractivity (Wildman–Crippen MR) is 123 cm³/mol. The van der Waals surface area contributed by atoms with Crippen molar-refractivity contribution < 1.29 is 33.4 Å². The van der Waals surface area contributed by atoms with Gasteiger partial charge in [-0.05, 0) is 36.8 Å². The maximum absolute atomic E-state index is 12.8. The summed E-state index contributed by atoms with van der Waals surface area (Å²) in [7, 11) is 2.81. The van der Waals surface area contributed by atoms with Gasteiger partial charge in [0.15, 0.2) is 6.61 Å². The molecular formula is C23H24ClN3O7. The highest BCUT2D eigenvalue weighted by Crippen LogP contribution is 2.28. The molecule has 0 aromatic heterocycles. The van der Waals surface area contributed by atoms with Crippen LogP contribution in [0.25, 0.3) is 0 Å². The van der Waals surface area contributed by atoms with Crippen molar-refractivity contribution in [3.8, 4) is 11.5 Å². The number of carbonyl (C=O) groups is 4. The fourth-order valence-electron chi connectivity index (χ4n) is 3.35. The van der Waals surface area contributed by atoms with Gasteiger partial charge in [-0.25, -0.2) is 0 Å². The standard InChI is InChI=1S/C23H24ClN3O7/c1-13-7-8-15(10-16(13)24)25-19(28)12-34-23(31)14-9-20(29)27(11-14)26-22(30)21-17(32-2)5-4-6-18(21)33-3/h4-8,10,14H,9,11-12H2,1-3H3,(H,25,28)(H,26,30)/t14-/m1/s1. The first kappa shape index (κ1) is 24.8. The van der Waals surface area contributed by atoms with E-state index in [-0.39, 0.29) is 30.0 Å². The Labute approximate surface area is 201 Å². The molecule has 1 aliphatic heterocycles. The number of ether oxygens (including phenoxy) is 3. The van der Waals surface area contributed by atoms with Gasteiger partial charge in [0, 0.05) is 17.1 Å². The number of rotatable bonds is 8. The zero-order chi connectivity index (χ0) is 24.8. The van der Waals surface area contributed by atoms with E-state index in [0.717, 1.165) is 10.6 Å². The van der Waals surface area contributed by atoms with E-state index in [0.29, 0.717) is 10.7 Å². The number of carbonyl (C=O) groups excluding carboxylic acids is 4. The molecule has 0 aliphatic carbocycles. The normalized spacial score (nSPS) is 15.0. The molecule has 1 heterocycles. The van der Waals surface area contributed by atoms with Crippen LogP contribution in [-0.2, 0) is 19.1 Å². The lowest BCUT2D eigenvalue weighted by Crippen LogP contribution is -2.43. The van der Waals surface area contributed by atoms with E-state index < -0.39 is 36.2 Å². The van der Waals surface area contributed by atoms with Gasteiger partial charge < -0.3 is 19.5 Å². The second-order valence-corrected chi connectivity index (χ2v) is 7.91. The molecule has 1 atom stereocenters. The Bertz CT molecular complexity index is 1100. The molecule has 0 spiro atoms. The van der Waals surface area contributed by atoms with Gasteiger partial charge in [0.25, 0.3) is 11.8 Å². The van der Waals surface area contributed by atoms with Crippen LogP contribution < -0.4 is 20.2 Å². The second kappa shape index (κ2) is 10.9. The third kappa shape index (κ3) is 5.76. The fraction of sp³-hybridized carbons (Fsp3) is 0.304. The molecule has 3 amide bonds. The smallest absolute Gasteiger partial charge is 0.311 e. The third-order valence-corrected chi connectivity index (χ3v) is 5.56. The summed E-state index contributed by atoms with van der Waals surface area (Å²) in [6.07, 6.45) is -0.169. The maximum atomic E-state index is 12.8. The Kier molecular flexibility index (Phi) is 7.95. The second-order valence-electron chi connectivity index (χ2n) is 7.50. The number of anilines is 1. The molecule has 2 aromatic rings. The molecule has 3 rings (SSSR count). The van der Waals surface area contributed by atoms with Crippen molar-refractivity contribution in [1.82, 2.24) is 10.4 Å². The fourth-order valence-corrected chi connectivity index (χ4v) is 3.53. The largest absolute Gasteiger partial charge is 0.496 e. The van der Waals surface area contributed by atoms with E-state index >= 15 is 0 Å². The summed E-state index contributed by atoms with van der Waals surface area (Å²) >= 11 is 6.03. The Balaban J connectivity index is 1.55. The zero-order valence-electron chi connectivity index (χ0n) is 18.8. The number of hydrogen-bond donors (Lipinski definition) is 2. The Morgan fingerprint density at radius 1 is 1.12 bits per heavy atom. The highest BCUT2D eigenvalue weighted by molar-refractivity contribution is 6.31. The van der Waals surface area contributed by atoms with E-state index in [1.807, 2.05) is 6.92 Å². The first-order valence-electron chi connectivity index (χ1n) is 10.3. The minimum absolute atomic E-state index is 0.101. The van der Waals surface area contributed by atoms with Crippen LogP contribution in [0, 0.1) is 12.8 Å². The van der Waals surface area contributed by atoms with Crippen molar-refractivity contribution in [2.75, 3.05) is 32.7 Å². The van der Waals surface area contributed by atoms with E-state index in [2.05, 4.69) is 10.7 Å². The molecule has 11 heteroatoms. The molecule has 1 aliphatic rings. The number of esters is 1. The van der Waals surface area contributed by atoms with Crippen LogP contribution in [0.15, 0.2) is 36.4 Å². The van der Waals surface area contributed by atoms with Crippen molar-refractivity contribution in [2.24, 2.45) is 5.92 Å². The molecule has 2 N–H and O–H groups in total. The monoisotopic (exact) mass is 489 g/mol. The third-order valence-electron chi connectivity index (χ3n) is 5.15. The molecule has 34 heavy (non-hydrogen) atoms. The van der Waals surface area contributed by atoms with Crippen molar-refractivity contribution >= 4 is 41.0 Å². The molecule has 0 bridgehead atoms. The molecule has 2 aromatic carbocycles. The first-order chi connectivity index (χ1) is 16.2. The average Bonchev–Trinajstić information content (AvgIpc) is 3.19. The molecular weight excluding hydrogens is 466 g/mol. The molecule has 180 valence electrons. The summed E-state index contributed by atoms with van der Waals surface area (Å²) in [5.74, 6) is -2.69. The molecule has 1 fully saturated rings. The molecule has 0 saturated carbocycles. The average molecular weight is 490 g/mol. The van der Waals surface area contributed by atoms with Crippen LogP contribution in [0.5, 0.6) is 11.5 Å². The number of nitrogens with zero attached hydrogens (tertiary/aromatic N) is 1. The van der Waals surface area contributed by atoms with E-state index in [4.69, 9.17) is 25.8 Å². The minimum Gasteiger partial charge on any atom is -0.496 e. The molecule has 1 saturated heterocycles. The van der Waals surface area contributed by atoms with Gasteiger partial charge in [0.1, 0.15) is 17.1 Å². The van der Waals surface area contributed by atoms with Crippen LogP contribution in [0.2, 0.25) is 5.02 Å². The lowest BCUT2D eigenvalue weighted by molar-refractivity contribution is -0.151. The van der Waals surface area contributed by atoms with Gasteiger partial charge in [0.2, 0.25) is 5.91 Å². The molecule has 0 unspecified atom stereocenters. The van der Waals surface area contributed by atoms with E-state index in [1.54, 1.807) is 36.4 Å². The maximum Gasteiger partial charge on any atom is 0.311 e. The highest BCUT2D eigenvalue weighted by atomic mass is 35.5. The Morgan fingerprint density at radius 3 is 2.41 bits per heavy atom. The first-order valence-corrected chi connectivity index (χ1v) is 10.7. The van der Waals surface area contributed by atoms with Crippen molar-refractivity contribution in [2.45, 2.75) is 13.3 Å². The van der Waals surface area contributed by atoms with Crippen LogP contribution in [0.1, 0.15) is 22.3 Å². The number of hydrazine groups is 1. The summed E-state index contributed by atoms with van der Waals surface area (Å²) in [4.78, 5) is 49.6. The van der Waals surface area contributed by atoms with Crippen molar-refractivity contribution in [3.63, 3.8) is 0 Å². The Morgan fingerprint density at radius 2 is 1.79 bits per heavy atom. The number of aryl methyl sites for hydroxylation is 1. The SMILES string of the molecule is COc1cccc(OC)c1C(=O)NN1C[C@H](C(=O)OCC(=O)Nc2ccc(C)c(Cl)c2)CC1=O. The number of hydrogen-bond acceptors (Lipinski definition) is 7. The number of halogens is 1. The van der Waals surface area contributed by atoms with E-state index in [1.165, 1.54) is 14.2 Å². The summed E-state index contributed by atoms with van der Waals surface area (Å²) in [6, 6.07) is 9.83. The quantitative estimate of drug-likeness (QED) is 0.545. The number of benzene rings is 2. The molecule has 0 radical (unpaired) electrons. The van der Waals surface area contributed by atoms with Gasteiger partial charge in [-0.3, -0.25) is 29.6 Å². The Hall–Kier alpha value is -3.79. The van der Waals surface area contributed by atoms with Gasteiger partial charge >= 0.3 is 5.97 Å². The summed E-state index contributed by atoms with van der Waals surface area (Å²) < 4.78 is 15.5. The van der Waals surface area contributed by atoms with Gasteiger partial charge in [0.05, 0.1) is 26.7 Å². The predicted octanol–water partition coefficient (Wildman–Crippen LogP) is 2.34. The zero-order valence-corrected chi connectivity index (χ0v) is 19.6. The number of methoxy groups -OCH3 is 2. The van der Waals surface area contributed by atoms with Crippen molar-refractivity contribution in [1.29, 1.82) is 0 Å². The van der Waals surface area contributed by atoms with Crippen molar-refractivity contribution in [3.05, 3.63) is 52.5 Å². The van der Waals surface area contributed by atoms with Gasteiger partial charge in [-0.2, -0.15) is 0 Å². The highest BCUT2D eigenvalue weighted by Gasteiger charge is 2.37. The van der Waals surface area contributed by atoms with Crippen LogP contribution >= 0.6 is 11.6 Å². The van der Waals surface area contributed by atoms with Crippen LogP contribution in [0.4, 0.5) is 5.69 Å². The van der Waals surface area contributed by atoms with Gasteiger partial charge in [-0.1, -0.05) is 23.7 Å². The summed E-state index contributed by atoms with van der Waals surface area (Å²) in [6.45, 7) is 1.20. The lowest BCUT2D eigenvalue weighted by atomic mass is 10.1. The minimum atomic E-state index is -0.839. The molecule has 10 nitrogen and oxygen atoms in total. The van der Waals surface area contributed by atoms with Gasteiger partial charge in [-0.15, -0.1) is 0 Å².